The van der Waals surface area contributed by atoms with Crippen LogP contribution in [0.25, 0.3) is 0 Å². The Morgan fingerprint density at radius 2 is 1.94 bits per heavy atom. The lowest BCUT2D eigenvalue weighted by Gasteiger charge is -2.18. The summed E-state index contributed by atoms with van der Waals surface area (Å²) in [6.07, 6.45) is -3.67. The summed E-state index contributed by atoms with van der Waals surface area (Å²) in [6.45, 7) is 0. The van der Waals surface area contributed by atoms with Crippen LogP contribution in [0.2, 0.25) is 0 Å². The quantitative estimate of drug-likeness (QED) is 0.403. The molecule has 0 heterocycles. The van der Waals surface area contributed by atoms with E-state index in [0.717, 1.165) is 7.05 Å². The minimum Gasteiger partial charge on any atom is -0.382 e. The summed E-state index contributed by atoms with van der Waals surface area (Å²) in [5, 5.41) is 18.4. The molecule has 96 valence electrons. The number of nitrogens with zero attached hydrogens (tertiary/aromatic N) is 1. The highest BCUT2D eigenvalue weighted by molar-refractivity contribution is 5.82. The van der Waals surface area contributed by atoms with E-state index in [0.29, 0.717) is 11.3 Å². The van der Waals surface area contributed by atoms with Crippen LogP contribution in [0.5, 0.6) is 0 Å². The molecule has 17 heavy (non-hydrogen) atoms. The molecule has 0 bridgehead atoms. The van der Waals surface area contributed by atoms with Gasteiger partial charge in [-0.1, -0.05) is 0 Å². The molecule has 0 saturated heterocycles. The van der Waals surface area contributed by atoms with E-state index in [-0.39, 0.29) is 19.1 Å². The Morgan fingerprint density at radius 3 is 2.41 bits per heavy atom. The summed E-state index contributed by atoms with van der Waals surface area (Å²) in [5.74, 6) is -2.00. The fraction of sp³-hybridized carbons (Fsp3) is 0.556. The predicted molar refractivity (Wildman–Crippen MR) is 52.2 cm³/mol. The monoisotopic (exact) mass is 247 g/mol. The maximum absolute atomic E-state index is 11.2. The maximum atomic E-state index is 11.2. The molecule has 0 aromatic rings. The van der Waals surface area contributed by atoms with E-state index in [4.69, 9.17) is 10.2 Å². The molecule has 0 fully saturated rings. The molecule has 0 aliphatic heterocycles. The van der Waals surface area contributed by atoms with Crippen LogP contribution in [-0.4, -0.2) is 59.0 Å². The van der Waals surface area contributed by atoms with Gasteiger partial charge in [-0.05, 0) is 0 Å². The number of carbonyl (C=O) groups excluding carboxylic acids is 4. The zero-order valence-corrected chi connectivity index (χ0v) is 9.11. The summed E-state index contributed by atoms with van der Waals surface area (Å²) in [7, 11) is 1.10. The highest BCUT2D eigenvalue weighted by atomic mass is 16.7. The molecule has 8 nitrogen and oxygen atoms in total. The molecule has 0 rings (SSSR count). The maximum Gasteiger partial charge on any atom is 0.363 e. The standard InChI is InChI=1S/C9H13NO7/c1-10(7(14)3-2-4-11)17-9(16)8(15)6(13)5-12/h4-6,8,13,15H,2-3H2,1H3. The molecule has 0 aliphatic carbocycles. The van der Waals surface area contributed by atoms with Crippen LogP contribution in [0, 0.1) is 0 Å². The average Bonchev–Trinajstić information content (AvgIpc) is 2.33. The highest BCUT2D eigenvalue weighted by Crippen LogP contribution is 2.00. The molecule has 2 atom stereocenters. The first kappa shape index (κ1) is 15.2. The van der Waals surface area contributed by atoms with E-state index < -0.39 is 24.1 Å². The number of amides is 1. The van der Waals surface area contributed by atoms with Crippen LogP contribution >= 0.6 is 0 Å². The molecule has 2 N–H and O–H groups in total. The Balaban J connectivity index is 4.23. The lowest BCUT2D eigenvalue weighted by molar-refractivity contribution is -0.203. The molecule has 1 amide bonds. The van der Waals surface area contributed by atoms with Crippen molar-refractivity contribution in [3.63, 3.8) is 0 Å². The van der Waals surface area contributed by atoms with E-state index in [1.165, 1.54) is 0 Å². The minimum atomic E-state index is -2.06. The van der Waals surface area contributed by atoms with Crippen molar-refractivity contribution in [2.45, 2.75) is 25.0 Å². The summed E-state index contributed by atoms with van der Waals surface area (Å²) in [5.41, 5.74) is 0. The second kappa shape index (κ2) is 7.47. The van der Waals surface area contributed by atoms with Gasteiger partial charge < -0.3 is 24.6 Å². The first-order chi connectivity index (χ1) is 7.93. The number of hydrogen-bond donors (Lipinski definition) is 2. The van der Waals surface area contributed by atoms with Crippen molar-refractivity contribution in [3.8, 4) is 0 Å². The number of hydrogen-bond acceptors (Lipinski definition) is 7. The zero-order chi connectivity index (χ0) is 13.4. The van der Waals surface area contributed by atoms with Crippen LogP contribution in [-0.2, 0) is 24.0 Å². The first-order valence-corrected chi connectivity index (χ1v) is 4.67. The lowest BCUT2D eigenvalue weighted by atomic mass is 10.2. The Kier molecular flexibility index (Phi) is 6.68. The van der Waals surface area contributed by atoms with Crippen LogP contribution in [0.4, 0.5) is 0 Å². The predicted octanol–water partition coefficient (Wildman–Crippen LogP) is -2.20. The van der Waals surface area contributed by atoms with Gasteiger partial charge in [-0.3, -0.25) is 4.79 Å². The summed E-state index contributed by atoms with van der Waals surface area (Å²) in [4.78, 5) is 46.7. The number of aldehydes is 2. The molecule has 0 spiro atoms. The topological polar surface area (TPSA) is 121 Å². The van der Waals surface area contributed by atoms with Crippen molar-refractivity contribution in [2.75, 3.05) is 7.05 Å². The van der Waals surface area contributed by atoms with Gasteiger partial charge >= 0.3 is 5.97 Å². The van der Waals surface area contributed by atoms with Crippen LogP contribution in [0.15, 0.2) is 0 Å². The van der Waals surface area contributed by atoms with Gasteiger partial charge in [0.25, 0.3) is 5.91 Å². The molecule has 0 aromatic carbocycles. The van der Waals surface area contributed by atoms with Gasteiger partial charge in [0.15, 0.2) is 12.4 Å². The molecule has 0 aliphatic rings. The highest BCUT2D eigenvalue weighted by Gasteiger charge is 2.27. The normalized spacial score (nSPS) is 13.4. The average molecular weight is 247 g/mol. The lowest BCUT2D eigenvalue weighted by Crippen LogP contribution is -2.40. The van der Waals surface area contributed by atoms with E-state index in [1.54, 1.807) is 0 Å². The first-order valence-electron chi connectivity index (χ1n) is 4.67. The third-order valence-corrected chi connectivity index (χ3v) is 1.76. The van der Waals surface area contributed by atoms with Gasteiger partial charge in [0.2, 0.25) is 0 Å². The molecular weight excluding hydrogens is 234 g/mol. The number of aliphatic hydroxyl groups is 2. The van der Waals surface area contributed by atoms with Crippen molar-refractivity contribution in [1.82, 2.24) is 5.06 Å². The third kappa shape index (κ3) is 5.18. The van der Waals surface area contributed by atoms with E-state index >= 15 is 0 Å². The van der Waals surface area contributed by atoms with Gasteiger partial charge in [0.1, 0.15) is 12.4 Å². The SMILES string of the molecule is CN(OC(=O)C(O)C(O)C=O)C(=O)CCC=O. The molecule has 0 saturated carbocycles. The number of aliphatic hydroxyl groups excluding tert-OH is 2. The summed E-state index contributed by atoms with van der Waals surface area (Å²) < 4.78 is 0. The summed E-state index contributed by atoms with van der Waals surface area (Å²) >= 11 is 0. The largest absolute Gasteiger partial charge is 0.382 e. The van der Waals surface area contributed by atoms with Crippen LogP contribution in [0.3, 0.4) is 0 Å². The van der Waals surface area contributed by atoms with Crippen LogP contribution < -0.4 is 0 Å². The fourth-order valence-corrected chi connectivity index (χ4v) is 0.794. The number of carbonyl (C=O) groups is 4. The molecule has 0 radical (unpaired) electrons. The van der Waals surface area contributed by atoms with Crippen molar-refractivity contribution >= 4 is 24.4 Å². The van der Waals surface area contributed by atoms with Crippen molar-refractivity contribution in [3.05, 3.63) is 0 Å². The Labute approximate surface area is 96.7 Å². The molecular formula is C9H13NO7. The van der Waals surface area contributed by atoms with Gasteiger partial charge in [0, 0.05) is 19.9 Å². The van der Waals surface area contributed by atoms with Gasteiger partial charge in [-0.25, -0.2) is 4.79 Å². The van der Waals surface area contributed by atoms with Gasteiger partial charge in [0.05, 0.1) is 0 Å². The fourth-order valence-electron chi connectivity index (χ4n) is 0.794. The molecule has 8 heteroatoms. The second-order valence-electron chi connectivity index (χ2n) is 3.08. The second-order valence-corrected chi connectivity index (χ2v) is 3.08. The number of hydroxylamine groups is 2. The molecule has 2 unspecified atom stereocenters. The Hall–Kier alpha value is -1.80. The van der Waals surface area contributed by atoms with E-state index in [1.807, 2.05) is 0 Å². The minimum absolute atomic E-state index is 0.0275. The van der Waals surface area contributed by atoms with Crippen molar-refractivity contribution in [2.24, 2.45) is 0 Å². The Bertz CT molecular complexity index is 304. The van der Waals surface area contributed by atoms with E-state index in [9.17, 15) is 19.2 Å². The van der Waals surface area contributed by atoms with E-state index in [2.05, 4.69) is 4.84 Å². The number of rotatable bonds is 6. The smallest absolute Gasteiger partial charge is 0.363 e. The van der Waals surface area contributed by atoms with Gasteiger partial charge in [-0.2, -0.15) is 5.06 Å². The summed E-state index contributed by atoms with van der Waals surface area (Å²) in [6, 6.07) is 0. The van der Waals surface area contributed by atoms with Crippen molar-refractivity contribution < 1.29 is 34.2 Å². The van der Waals surface area contributed by atoms with Crippen LogP contribution in [0.1, 0.15) is 12.8 Å². The van der Waals surface area contributed by atoms with Gasteiger partial charge in [-0.15, -0.1) is 0 Å². The zero-order valence-electron chi connectivity index (χ0n) is 9.11. The molecule has 0 aromatic heterocycles. The third-order valence-electron chi connectivity index (χ3n) is 1.76. The van der Waals surface area contributed by atoms with Crippen molar-refractivity contribution in [1.29, 1.82) is 0 Å². The Morgan fingerprint density at radius 1 is 1.35 bits per heavy atom.